The molecule has 30 rings (SSSR count). The van der Waals surface area contributed by atoms with Crippen molar-refractivity contribution in [2.75, 3.05) is 0 Å². The van der Waals surface area contributed by atoms with Gasteiger partial charge in [0, 0.05) is 0 Å². The second kappa shape index (κ2) is 2.39. The molecule has 0 aromatic rings. The van der Waals surface area contributed by atoms with Gasteiger partial charge in [0.2, 0.25) is 0 Å². The quantitative estimate of drug-likeness (QED) is 0.417. The molecule has 0 radical (unpaired) electrons. The molecule has 206 valence electrons. The molecule has 0 heterocycles. The van der Waals surface area contributed by atoms with E-state index < -0.39 is 0 Å². The molecule has 0 saturated heterocycles. The summed E-state index contributed by atoms with van der Waals surface area (Å²) < 4.78 is 0. The Balaban J connectivity index is 0.839. The zero-order valence-electron chi connectivity index (χ0n) is 24.5. The fourth-order valence-electron chi connectivity index (χ4n) is 45.7. The van der Waals surface area contributed by atoms with E-state index in [2.05, 4.69) is 0 Å². The van der Waals surface area contributed by atoms with Gasteiger partial charge in [-0.05, 0) is 253 Å². The first-order valence-corrected chi connectivity index (χ1v) is 21.9. The maximum absolute atomic E-state index is 1.81. The maximum Gasteiger partial charge on any atom is -0.00502 e. The van der Waals surface area contributed by atoms with Crippen LogP contribution in [0.5, 0.6) is 0 Å². The third-order valence-corrected chi connectivity index (χ3v) is 36.9. The van der Waals surface area contributed by atoms with Crippen molar-refractivity contribution in [2.45, 2.75) is 25.7 Å². The minimum atomic E-state index is 1.10. The van der Waals surface area contributed by atoms with Crippen molar-refractivity contribution in [1.29, 1.82) is 0 Å². The molecule has 18 spiro atoms. The van der Waals surface area contributed by atoms with E-state index in [4.69, 9.17) is 0 Å². The minimum absolute atomic E-state index is 1.10. The van der Waals surface area contributed by atoms with Crippen LogP contribution in [-0.2, 0) is 0 Å². The molecular formula is C44H30. The van der Waals surface area contributed by atoms with Gasteiger partial charge in [-0.3, -0.25) is 0 Å². The highest BCUT2D eigenvalue weighted by atomic mass is 15.6. The Bertz CT molecular complexity index is 2310. The lowest BCUT2D eigenvalue weighted by Gasteiger charge is -3.56. The number of hydrogen-bond acceptors (Lipinski definition) is 0. The van der Waals surface area contributed by atoms with Crippen LogP contribution in [0, 0.1) is 228 Å². The Morgan fingerprint density at radius 1 is 0.182 bits per heavy atom. The van der Waals surface area contributed by atoms with Crippen molar-refractivity contribution >= 4 is 0 Å². The molecule has 0 aromatic heterocycles. The Hall–Kier alpha value is 0. The minimum Gasteiger partial charge on any atom is -0.0458 e. The molecule has 30 fully saturated rings. The molecule has 0 amide bonds. The number of fused-ring (bicyclic) bond motifs is 18. The van der Waals surface area contributed by atoms with Gasteiger partial charge in [0.25, 0.3) is 0 Å². The second-order valence-corrected chi connectivity index (χ2v) is 27.9. The van der Waals surface area contributed by atoms with Crippen LogP contribution in [0.3, 0.4) is 0 Å². The van der Waals surface area contributed by atoms with E-state index in [0.29, 0.717) is 0 Å². The van der Waals surface area contributed by atoms with Crippen LogP contribution in [-0.4, -0.2) is 0 Å². The summed E-state index contributed by atoms with van der Waals surface area (Å²) in [6.45, 7) is 0. The molecule has 0 N–H and O–H groups in total. The van der Waals surface area contributed by atoms with E-state index in [9.17, 15) is 0 Å². The van der Waals surface area contributed by atoms with Crippen LogP contribution < -0.4 is 0 Å². The average Bonchev–Trinajstić information content (AvgIpc) is 2.88. The predicted octanol–water partition coefficient (Wildman–Crippen LogP) is 4.27. The molecule has 40 atom stereocenters. The molecular weight excluding hydrogens is 528 g/mol. The topological polar surface area (TPSA) is 0 Å². The Morgan fingerprint density at radius 2 is 0.364 bits per heavy atom. The Labute approximate surface area is 252 Å². The van der Waals surface area contributed by atoms with E-state index >= 15 is 0 Å². The van der Waals surface area contributed by atoms with Gasteiger partial charge in [-0.1, -0.05) is 0 Å². The molecule has 30 aliphatic rings. The van der Waals surface area contributed by atoms with Crippen molar-refractivity contribution in [1.82, 2.24) is 0 Å². The molecule has 24 unspecified atom stereocenters. The van der Waals surface area contributed by atoms with Gasteiger partial charge < -0.3 is 0 Å². The third-order valence-electron chi connectivity index (χ3n) is 36.9. The predicted molar refractivity (Wildman–Crippen MR) is 139 cm³/mol. The third kappa shape index (κ3) is 0.357. The summed E-state index contributed by atoms with van der Waals surface area (Å²) in [5.74, 6) is 30.5. The summed E-state index contributed by atoms with van der Waals surface area (Å²) in [6, 6.07) is 0. The van der Waals surface area contributed by atoms with E-state index in [1.807, 2.05) is 0 Å². The first-order valence-electron chi connectivity index (χ1n) is 21.9. The number of rotatable bonds is 0. The van der Waals surface area contributed by atoms with Gasteiger partial charge in [0.05, 0.1) is 0 Å². The summed E-state index contributed by atoms with van der Waals surface area (Å²) in [6.07, 6.45) is 7.23. The second-order valence-electron chi connectivity index (χ2n) is 27.9. The van der Waals surface area contributed by atoms with Gasteiger partial charge in [0.15, 0.2) is 0 Å². The summed E-state index contributed by atoms with van der Waals surface area (Å²) >= 11 is 0. The molecule has 30 saturated carbocycles. The van der Waals surface area contributed by atoms with Crippen LogP contribution in [0.4, 0.5) is 0 Å². The van der Waals surface area contributed by atoms with E-state index in [1.165, 1.54) is 130 Å². The average molecular weight is 559 g/mol. The fraction of sp³-hybridized carbons (Fsp3) is 1.00. The van der Waals surface area contributed by atoms with E-state index in [-0.39, 0.29) is 0 Å². The monoisotopic (exact) mass is 558 g/mol. The standard InChI is InChI=1S/C44H30/c1-5-6-2-10-14-18-23-26-24-20-16-12-4-8-7-3-11-15-19-22-25-21-17-13-9(1)27(5)28(6,10)32(14)31(13,27)35(17)36(18,32)40(23)39(21,35)43(25)41(22)37(19)33(15)29(7,11)30(8,12)34(16,33)38(20,37)42(24,41)44(26,40)43/h5-26H,1-4H2/t5?,6?,7?,8?,9-,10+,11+,12-,13-,14+,15+,16-,17-,18+,19+,20-,21-,22+,23+,24-,25?,26?,27?,28?,29?,30?,31?,32?,33?,34?,35?,36?,37?,38?,39?,40?,41?,42?,43?,44?. The molecule has 30 aliphatic carbocycles. The Morgan fingerprint density at radius 3 is 0.591 bits per heavy atom. The smallest absolute Gasteiger partial charge is 0.00502 e. The van der Waals surface area contributed by atoms with Crippen molar-refractivity contribution in [3.8, 4) is 0 Å². The first kappa shape index (κ1) is 15.3. The van der Waals surface area contributed by atoms with E-state index in [1.54, 1.807) is 25.7 Å². The molecule has 0 nitrogen and oxygen atoms in total. The molecule has 0 bridgehead atoms. The largest absolute Gasteiger partial charge is 0.0458 e. The highest BCUT2D eigenvalue weighted by molar-refractivity contribution is 6.02. The zero-order valence-corrected chi connectivity index (χ0v) is 24.5. The maximum atomic E-state index is 1.81. The lowest BCUT2D eigenvalue weighted by atomic mass is 8.46. The molecule has 0 aromatic carbocycles. The van der Waals surface area contributed by atoms with Gasteiger partial charge in [0.1, 0.15) is 0 Å². The lowest BCUT2D eigenvalue weighted by Crippen LogP contribution is -3.55. The molecule has 44 heavy (non-hydrogen) atoms. The highest BCUT2D eigenvalue weighted by Crippen LogP contribution is 3.58. The normalized spacial score (nSPS) is 135. The van der Waals surface area contributed by atoms with Crippen LogP contribution in [0.15, 0.2) is 0 Å². The fourth-order valence-corrected chi connectivity index (χ4v) is 45.7. The summed E-state index contributed by atoms with van der Waals surface area (Å²) in [5.41, 5.74) is 20.1. The van der Waals surface area contributed by atoms with Crippen molar-refractivity contribution < 1.29 is 0 Å². The first-order chi connectivity index (χ1) is 21.9. The highest BCUT2D eigenvalue weighted by Gasteiger charge is 3.57. The van der Waals surface area contributed by atoms with Crippen LogP contribution in [0.25, 0.3) is 0 Å². The van der Waals surface area contributed by atoms with Crippen molar-refractivity contribution in [2.24, 2.45) is 228 Å². The SMILES string of the molecule is C1C2C3C[C@H]4[C@H]5[C@H]6[C@H]7C8[C@H]9[C@H]%10[C@H]%11[C@H]%12CC%13C%14C[C@H]%15[C@H]%16[C@H]%17[C@H]%18C%19[C@H]%20[C@H]%21[C@H]%22[C@@H]1C21C34C52C%221C%211C%203C%194C8(C73C621)C91C%184C%172C%163C%14%15C%13%12C%113C%1012. The van der Waals surface area contributed by atoms with Crippen molar-refractivity contribution in [3.05, 3.63) is 0 Å². The van der Waals surface area contributed by atoms with Crippen LogP contribution in [0.1, 0.15) is 25.7 Å². The molecule has 0 heteroatoms. The van der Waals surface area contributed by atoms with Crippen LogP contribution >= 0.6 is 0 Å². The number of hydrogen-bond donors (Lipinski definition) is 0. The Kier molecular flexibility index (Phi) is 0.831. The van der Waals surface area contributed by atoms with Crippen LogP contribution in [0.2, 0.25) is 0 Å². The van der Waals surface area contributed by atoms with E-state index in [0.717, 1.165) is 97.5 Å². The van der Waals surface area contributed by atoms with Gasteiger partial charge in [-0.15, -0.1) is 0 Å². The summed E-state index contributed by atoms with van der Waals surface area (Å²) in [4.78, 5) is 0. The zero-order chi connectivity index (χ0) is 24.5. The van der Waals surface area contributed by atoms with Crippen molar-refractivity contribution in [3.63, 3.8) is 0 Å². The van der Waals surface area contributed by atoms with Gasteiger partial charge >= 0.3 is 0 Å². The summed E-state index contributed by atoms with van der Waals surface area (Å²) in [7, 11) is 0. The molecule has 0 aliphatic heterocycles. The van der Waals surface area contributed by atoms with Gasteiger partial charge in [-0.25, -0.2) is 0 Å². The lowest BCUT2D eigenvalue weighted by molar-refractivity contribution is -1.11. The van der Waals surface area contributed by atoms with Gasteiger partial charge in [-0.2, -0.15) is 0 Å². The summed E-state index contributed by atoms with van der Waals surface area (Å²) in [5, 5.41) is 0.